The van der Waals surface area contributed by atoms with Crippen LogP contribution in [0.5, 0.6) is 0 Å². The average Bonchev–Trinajstić information content (AvgIpc) is 1.75. The van der Waals surface area contributed by atoms with Crippen LogP contribution in [0.4, 0.5) is 0 Å². The van der Waals surface area contributed by atoms with E-state index >= 15 is 0 Å². The summed E-state index contributed by atoms with van der Waals surface area (Å²) in [7, 11) is -0.995. The maximum atomic E-state index is 9.54. The second-order valence-electron chi connectivity index (χ2n) is 0.584. The molecule has 0 saturated heterocycles. The van der Waals surface area contributed by atoms with Crippen molar-refractivity contribution < 1.29 is 4.89 Å². The van der Waals surface area contributed by atoms with Crippen molar-refractivity contribution >= 4 is 13.2 Å². The molecular weight excluding hydrogens is 71.0 g/mol. The molecule has 0 N–H and O–H groups in total. The summed E-state index contributed by atoms with van der Waals surface area (Å²) in [5.74, 6) is 1.55. The summed E-state index contributed by atoms with van der Waals surface area (Å²) in [4.78, 5) is 9.54. The third kappa shape index (κ3) is 0.187. The van der Waals surface area contributed by atoms with Crippen LogP contribution in [0.3, 0.4) is 0 Å². The molecule has 0 aromatic heterocycles. The molecule has 1 aliphatic rings. The molecule has 0 bridgehead atoms. The van der Waals surface area contributed by atoms with E-state index in [2.05, 4.69) is 5.45 Å². The summed E-state index contributed by atoms with van der Waals surface area (Å²) in [6, 6.07) is 0. The van der Waals surface area contributed by atoms with Crippen LogP contribution in [-0.4, -0.2) is 5.45 Å². The molecule has 1 atom stereocenters. The van der Waals surface area contributed by atoms with Gasteiger partial charge in [0.05, 0.1) is 0 Å². The van der Waals surface area contributed by atoms with Crippen LogP contribution in [-0.2, 0) is 0 Å². The lowest BCUT2D eigenvalue weighted by molar-refractivity contribution is -0.148. The van der Waals surface area contributed by atoms with E-state index in [0.717, 1.165) is 0 Å². The van der Waals surface area contributed by atoms with E-state index in [4.69, 9.17) is 0 Å². The average molecular weight is 72.0 g/mol. The largest absolute Gasteiger partial charge is 0.618 e. The quantitative estimate of drug-likeness (QED) is 0.359. The summed E-state index contributed by atoms with van der Waals surface area (Å²) in [6.07, 6.45) is 0. The van der Waals surface area contributed by atoms with Gasteiger partial charge in [-0.2, -0.15) is 0 Å². The highest BCUT2D eigenvalue weighted by Gasteiger charge is 1.94. The van der Waals surface area contributed by atoms with E-state index in [9.17, 15) is 4.89 Å². The minimum atomic E-state index is -0.995. The van der Waals surface area contributed by atoms with E-state index in [1.807, 2.05) is 0 Å². The summed E-state index contributed by atoms with van der Waals surface area (Å²) >= 11 is 0. The van der Waals surface area contributed by atoms with Gasteiger partial charge in [-0.3, -0.25) is 0 Å². The molecule has 0 fully saturated rings. The number of hydrogen-bond acceptors (Lipinski definition) is 1. The maximum absolute atomic E-state index is 9.54. The standard InChI is InChI=1S/C2HOP/c3-4-1-2-4/h1H. The van der Waals surface area contributed by atoms with Crippen molar-refractivity contribution in [2.24, 2.45) is 0 Å². The molecule has 1 unspecified atom stereocenters. The van der Waals surface area contributed by atoms with E-state index in [-0.39, 0.29) is 0 Å². The Hall–Kier alpha value is -0.0900. The SMILES string of the molecule is [O-][P+]1=C=C1. The molecule has 1 heterocycles. The molecule has 2 heteroatoms. The Morgan fingerprint density at radius 3 is 2.25 bits per heavy atom. The van der Waals surface area contributed by atoms with Crippen molar-refractivity contribution in [2.75, 3.05) is 0 Å². The number of rotatable bonds is 0. The van der Waals surface area contributed by atoms with Crippen molar-refractivity contribution in [1.29, 1.82) is 0 Å². The zero-order chi connectivity index (χ0) is 2.99. The smallest absolute Gasteiger partial charge is 0.203 e. The summed E-state index contributed by atoms with van der Waals surface area (Å²) in [6.45, 7) is 0. The normalized spacial score (nSPS) is 24.8. The first-order valence-corrected chi connectivity index (χ1v) is 2.28. The van der Waals surface area contributed by atoms with Gasteiger partial charge >= 0.3 is 0 Å². The Bertz CT molecular complexity index is 88.2. The van der Waals surface area contributed by atoms with Gasteiger partial charge in [-0.15, -0.1) is 0 Å². The molecule has 0 aromatic rings. The van der Waals surface area contributed by atoms with Crippen LogP contribution in [0.2, 0.25) is 0 Å². The predicted octanol–water partition coefficient (Wildman–Crippen LogP) is -0.328. The van der Waals surface area contributed by atoms with Crippen LogP contribution in [0, 0.1) is 0 Å². The summed E-state index contributed by atoms with van der Waals surface area (Å²) in [5, 5.41) is 0. The fraction of sp³-hybridized carbons (Fsp3) is 0. The molecule has 4 heavy (non-hydrogen) atoms. The van der Waals surface area contributed by atoms with Gasteiger partial charge in [0.2, 0.25) is 5.82 Å². The van der Waals surface area contributed by atoms with E-state index in [0.29, 0.717) is 0 Å². The second kappa shape index (κ2) is 0.440. The summed E-state index contributed by atoms with van der Waals surface area (Å²) < 4.78 is 0. The van der Waals surface area contributed by atoms with Gasteiger partial charge in [-0.25, -0.2) is 0 Å². The topological polar surface area (TPSA) is 23.1 Å². The first-order valence-electron chi connectivity index (χ1n) is 0.953. The van der Waals surface area contributed by atoms with Gasteiger partial charge in [0.25, 0.3) is 0 Å². The van der Waals surface area contributed by atoms with Gasteiger partial charge in [-0.05, 0) is 0 Å². The monoisotopic (exact) mass is 72.0 g/mol. The van der Waals surface area contributed by atoms with Crippen molar-refractivity contribution in [1.82, 2.24) is 0 Å². The van der Waals surface area contributed by atoms with E-state index in [1.165, 1.54) is 0 Å². The van der Waals surface area contributed by atoms with Crippen LogP contribution in [0.15, 0.2) is 5.82 Å². The lowest BCUT2D eigenvalue weighted by atomic mass is 11.3. The Labute approximate surface area is 25.0 Å². The maximum Gasteiger partial charge on any atom is 0.203 e. The Kier molecular flexibility index (Phi) is 0.238. The molecule has 0 saturated carbocycles. The first-order chi connectivity index (χ1) is 1.89. The van der Waals surface area contributed by atoms with E-state index < -0.39 is 7.77 Å². The third-order valence-electron chi connectivity index (χ3n) is 0.235. The zero-order valence-corrected chi connectivity index (χ0v) is 2.83. The van der Waals surface area contributed by atoms with Crippen LogP contribution < -0.4 is 4.89 Å². The highest BCUT2D eigenvalue weighted by molar-refractivity contribution is 7.61. The minimum Gasteiger partial charge on any atom is -0.618 e. The van der Waals surface area contributed by atoms with Crippen LogP contribution >= 0.6 is 7.77 Å². The van der Waals surface area contributed by atoms with Crippen molar-refractivity contribution in [2.45, 2.75) is 0 Å². The zero-order valence-electron chi connectivity index (χ0n) is 1.93. The van der Waals surface area contributed by atoms with Gasteiger partial charge in [0, 0.05) is 0 Å². The highest BCUT2D eigenvalue weighted by Crippen LogP contribution is 2.17. The van der Waals surface area contributed by atoms with Gasteiger partial charge < -0.3 is 4.89 Å². The number of hydrogen-bond donors (Lipinski definition) is 0. The molecular formula is C2HOP. The van der Waals surface area contributed by atoms with Gasteiger partial charge in [0.15, 0.2) is 7.77 Å². The second-order valence-corrected chi connectivity index (χ2v) is 1.75. The molecule has 0 spiro atoms. The first kappa shape index (κ1) is 2.17. The van der Waals surface area contributed by atoms with Gasteiger partial charge in [-0.1, -0.05) is 0 Å². The molecule has 0 aliphatic carbocycles. The lowest BCUT2D eigenvalue weighted by Gasteiger charge is -1.55. The minimum absolute atomic E-state index is 0.995. The molecule has 0 amide bonds. The lowest BCUT2D eigenvalue weighted by Crippen LogP contribution is -1.70. The van der Waals surface area contributed by atoms with Crippen molar-refractivity contribution in [3.63, 3.8) is 0 Å². The van der Waals surface area contributed by atoms with Crippen LogP contribution in [0.1, 0.15) is 0 Å². The summed E-state index contributed by atoms with van der Waals surface area (Å²) in [5.41, 5.74) is 2.48. The Balaban J connectivity index is 2.75. The van der Waals surface area contributed by atoms with Gasteiger partial charge in [0.1, 0.15) is 5.45 Å². The van der Waals surface area contributed by atoms with E-state index in [1.54, 1.807) is 5.82 Å². The molecule has 0 radical (unpaired) electrons. The molecule has 0 aromatic carbocycles. The fourth-order valence-corrected chi connectivity index (χ4v) is 0.212. The van der Waals surface area contributed by atoms with Crippen LogP contribution in [0.25, 0.3) is 0 Å². The highest BCUT2D eigenvalue weighted by atomic mass is 31.1. The predicted molar refractivity (Wildman–Crippen MR) is 16.5 cm³/mol. The molecule has 1 aliphatic heterocycles. The fourth-order valence-electron chi connectivity index (χ4n) is 0.0236. The molecule has 20 valence electrons. The molecule has 1 rings (SSSR count). The van der Waals surface area contributed by atoms with Crippen molar-refractivity contribution in [3.8, 4) is 0 Å². The Morgan fingerprint density at radius 1 is 2.00 bits per heavy atom. The molecule has 1 nitrogen and oxygen atoms in total. The van der Waals surface area contributed by atoms with Crippen molar-refractivity contribution in [3.05, 3.63) is 5.82 Å². The Morgan fingerprint density at radius 2 is 2.25 bits per heavy atom. The third-order valence-corrected chi connectivity index (χ3v) is 0.704.